The Hall–Kier alpha value is -4.52. The van der Waals surface area contributed by atoms with Crippen molar-refractivity contribution < 1.29 is 28.6 Å². The lowest BCUT2D eigenvalue weighted by Gasteiger charge is -2.30. The number of nitrogens with one attached hydrogen (secondary N) is 1. The van der Waals surface area contributed by atoms with Crippen LogP contribution in [-0.4, -0.2) is 74.9 Å². The molecule has 0 spiro atoms. The van der Waals surface area contributed by atoms with Crippen LogP contribution in [0, 0.1) is 12.7 Å². The molecule has 3 aromatic rings. The number of aliphatic hydroxyl groups excluding tert-OH is 1. The van der Waals surface area contributed by atoms with Gasteiger partial charge in [-0.05, 0) is 57.9 Å². The number of benzene rings is 1. The Labute approximate surface area is 249 Å². The first-order valence-electron chi connectivity index (χ1n) is 14.0. The molecule has 0 aliphatic carbocycles. The molecule has 1 unspecified atom stereocenters. The highest BCUT2D eigenvalue weighted by Gasteiger charge is 2.38. The first kappa shape index (κ1) is 30.0. The van der Waals surface area contributed by atoms with E-state index in [1.165, 1.54) is 24.1 Å². The zero-order valence-electron chi connectivity index (χ0n) is 24.8. The van der Waals surface area contributed by atoms with E-state index in [2.05, 4.69) is 25.4 Å². The van der Waals surface area contributed by atoms with E-state index in [4.69, 9.17) is 20.0 Å². The Morgan fingerprint density at radius 1 is 1.23 bits per heavy atom. The van der Waals surface area contributed by atoms with Crippen LogP contribution in [0.4, 0.5) is 15.1 Å². The number of hydrogen-bond acceptors (Lipinski definition) is 10. The molecule has 2 aliphatic heterocycles. The summed E-state index contributed by atoms with van der Waals surface area (Å²) in [5.74, 6) is 0.477. The largest absolute Gasteiger partial charge is 0.481 e. The Kier molecular flexibility index (Phi) is 8.36. The molecule has 0 bridgehead atoms. The molecule has 1 aromatic carbocycles. The molecule has 1 saturated heterocycles. The number of fused-ring (bicyclic) bond motifs is 1. The number of anilines is 1. The molecule has 3 atom stereocenters. The molecule has 4 N–H and O–H groups in total. The van der Waals surface area contributed by atoms with Gasteiger partial charge < -0.3 is 30.5 Å². The molecular weight excluding hydrogens is 557 g/mol. The number of amidine groups is 1. The number of hydrogen-bond donors (Lipinski definition) is 3. The molecular formula is C30H36FN7O5. The normalized spacial score (nSPS) is 20.9. The molecule has 4 heterocycles. The van der Waals surface area contributed by atoms with Gasteiger partial charge in [-0.2, -0.15) is 0 Å². The lowest BCUT2D eigenvalue weighted by molar-refractivity contribution is 0.0103. The van der Waals surface area contributed by atoms with Crippen molar-refractivity contribution in [3.63, 3.8) is 0 Å². The van der Waals surface area contributed by atoms with Crippen molar-refractivity contribution in [1.29, 1.82) is 0 Å². The highest BCUT2D eigenvalue weighted by atomic mass is 19.1. The SMILES string of the molecule is COc1cccc(-c2cc(F)ccc2C2Cc3nc(N)nc(C)c3C(=NOC[C@@H]3C[C@@H](O)CN3C(=O)OC(C)(C)C)N2)n1. The van der Waals surface area contributed by atoms with Crippen LogP contribution < -0.4 is 15.8 Å². The van der Waals surface area contributed by atoms with Gasteiger partial charge in [-0.15, -0.1) is 0 Å². The number of aliphatic hydroxyl groups is 1. The molecule has 13 heteroatoms. The molecule has 43 heavy (non-hydrogen) atoms. The molecule has 1 fully saturated rings. The molecule has 0 saturated carbocycles. The number of carbonyl (C=O) groups is 1. The third kappa shape index (κ3) is 6.77. The molecule has 2 aromatic heterocycles. The lowest BCUT2D eigenvalue weighted by atomic mass is 9.90. The van der Waals surface area contributed by atoms with Gasteiger partial charge in [0.25, 0.3) is 0 Å². The standard InChI is InChI=1S/C30H36FN7O5/c1-16-26-24(36-28(32)33-16)13-23(20-10-9-17(31)11-21(20)22-7-6-8-25(34-22)41-5)35-27(26)37-42-15-18-12-19(39)14-38(18)29(40)43-30(2,3)4/h6-11,18-19,23,39H,12-15H2,1-5H3,(H,35,37)(H2,32,33,36)/t18-,19+,23?/m0/s1. The highest BCUT2D eigenvalue weighted by molar-refractivity contribution is 6.01. The van der Waals surface area contributed by atoms with Crippen LogP contribution in [0.3, 0.4) is 0 Å². The number of nitrogens with two attached hydrogens (primary N) is 1. The fraction of sp³-hybridized carbons (Fsp3) is 0.433. The van der Waals surface area contributed by atoms with Crippen molar-refractivity contribution in [2.75, 3.05) is 26.0 Å². The maximum absolute atomic E-state index is 14.5. The number of rotatable bonds is 6. The monoisotopic (exact) mass is 593 g/mol. The van der Waals surface area contributed by atoms with Crippen LogP contribution in [-0.2, 0) is 16.0 Å². The molecule has 12 nitrogen and oxygen atoms in total. The third-order valence-corrected chi connectivity index (χ3v) is 7.17. The van der Waals surface area contributed by atoms with Crippen LogP contribution in [0.15, 0.2) is 41.6 Å². The second kappa shape index (κ2) is 12.0. The minimum Gasteiger partial charge on any atom is -0.481 e. The lowest BCUT2D eigenvalue weighted by Crippen LogP contribution is -2.42. The molecule has 0 radical (unpaired) electrons. The van der Waals surface area contributed by atoms with Gasteiger partial charge in [0, 0.05) is 18.1 Å². The van der Waals surface area contributed by atoms with Gasteiger partial charge >= 0.3 is 6.09 Å². The topological polar surface area (TPSA) is 157 Å². The van der Waals surface area contributed by atoms with Gasteiger partial charge in [0.2, 0.25) is 11.8 Å². The number of methoxy groups -OCH3 is 1. The third-order valence-electron chi connectivity index (χ3n) is 7.17. The fourth-order valence-electron chi connectivity index (χ4n) is 5.37. The number of nitrogens with zero attached hydrogens (tertiary/aromatic N) is 5. The van der Waals surface area contributed by atoms with E-state index in [9.17, 15) is 14.3 Å². The van der Waals surface area contributed by atoms with Crippen molar-refractivity contribution in [3.05, 3.63) is 64.7 Å². The number of ether oxygens (including phenoxy) is 2. The number of nitrogen functional groups attached to an aromatic ring is 1. The van der Waals surface area contributed by atoms with Crippen LogP contribution in [0.25, 0.3) is 11.3 Å². The van der Waals surface area contributed by atoms with E-state index in [1.54, 1.807) is 52.0 Å². The van der Waals surface area contributed by atoms with Crippen molar-refractivity contribution in [2.45, 2.75) is 64.3 Å². The minimum atomic E-state index is -0.701. The number of pyridine rings is 1. The number of amides is 1. The smallest absolute Gasteiger partial charge is 0.410 e. The van der Waals surface area contributed by atoms with Gasteiger partial charge in [0.05, 0.1) is 54.5 Å². The van der Waals surface area contributed by atoms with E-state index in [0.29, 0.717) is 52.8 Å². The summed E-state index contributed by atoms with van der Waals surface area (Å²) < 4.78 is 25.3. The summed E-state index contributed by atoms with van der Waals surface area (Å²) in [5, 5.41) is 18.1. The van der Waals surface area contributed by atoms with Crippen LogP contribution in [0.2, 0.25) is 0 Å². The second-order valence-electron chi connectivity index (χ2n) is 11.6. The summed E-state index contributed by atoms with van der Waals surface area (Å²) >= 11 is 0. The quantitative estimate of drug-likeness (QED) is 0.361. The second-order valence-corrected chi connectivity index (χ2v) is 11.6. The molecule has 228 valence electrons. The van der Waals surface area contributed by atoms with E-state index < -0.39 is 35.7 Å². The maximum atomic E-state index is 14.5. The maximum Gasteiger partial charge on any atom is 0.410 e. The summed E-state index contributed by atoms with van der Waals surface area (Å²) in [6, 6.07) is 8.96. The first-order chi connectivity index (χ1) is 20.4. The molecule has 2 aliphatic rings. The number of aryl methyl sites for hydroxylation is 1. The van der Waals surface area contributed by atoms with Crippen molar-refractivity contribution in [3.8, 4) is 17.1 Å². The molecule has 5 rings (SSSR count). The number of carbonyl (C=O) groups excluding carboxylic acids is 1. The highest BCUT2D eigenvalue weighted by Crippen LogP contribution is 2.34. The van der Waals surface area contributed by atoms with E-state index in [0.717, 1.165) is 5.56 Å². The predicted molar refractivity (Wildman–Crippen MR) is 157 cm³/mol. The Bertz CT molecular complexity index is 1540. The average molecular weight is 594 g/mol. The summed E-state index contributed by atoms with van der Waals surface area (Å²) in [6.07, 6.45) is -0.498. The van der Waals surface area contributed by atoms with Gasteiger partial charge in [0.1, 0.15) is 18.0 Å². The Morgan fingerprint density at radius 2 is 2.02 bits per heavy atom. The zero-order chi connectivity index (χ0) is 30.9. The van der Waals surface area contributed by atoms with Crippen LogP contribution in [0.1, 0.15) is 55.7 Å². The first-order valence-corrected chi connectivity index (χ1v) is 14.0. The summed E-state index contributed by atoms with van der Waals surface area (Å²) in [7, 11) is 1.52. The summed E-state index contributed by atoms with van der Waals surface area (Å²) in [5.41, 5.74) is 9.10. The van der Waals surface area contributed by atoms with E-state index >= 15 is 0 Å². The van der Waals surface area contributed by atoms with Crippen LogP contribution >= 0.6 is 0 Å². The zero-order valence-corrected chi connectivity index (χ0v) is 24.8. The Morgan fingerprint density at radius 3 is 2.77 bits per heavy atom. The van der Waals surface area contributed by atoms with Crippen molar-refractivity contribution in [1.82, 2.24) is 25.2 Å². The number of β-amino-alcohol motifs (C(OH)–C–C–N with tert-alkyl or cyclic N) is 1. The van der Waals surface area contributed by atoms with Gasteiger partial charge in [-0.3, -0.25) is 4.90 Å². The number of aromatic nitrogens is 3. The van der Waals surface area contributed by atoms with Crippen molar-refractivity contribution in [2.24, 2.45) is 5.16 Å². The van der Waals surface area contributed by atoms with Gasteiger partial charge in [-0.25, -0.2) is 24.1 Å². The fourth-order valence-corrected chi connectivity index (χ4v) is 5.37. The van der Waals surface area contributed by atoms with Crippen molar-refractivity contribution >= 4 is 17.9 Å². The van der Waals surface area contributed by atoms with Gasteiger partial charge in [-0.1, -0.05) is 17.3 Å². The average Bonchev–Trinajstić information content (AvgIpc) is 3.32. The number of likely N-dealkylation sites (tertiary alicyclic amines) is 1. The van der Waals surface area contributed by atoms with Gasteiger partial charge in [0.15, 0.2) is 5.84 Å². The number of halogens is 1. The summed E-state index contributed by atoms with van der Waals surface area (Å²) in [6.45, 7) is 7.31. The van der Waals surface area contributed by atoms with E-state index in [-0.39, 0.29) is 19.1 Å². The van der Waals surface area contributed by atoms with Crippen LogP contribution in [0.5, 0.6) is 5.88 Å². The number of oxime groups is 1. The molecule has 1 amide bonds. The summed E-state index contributed by atoms with van der Waals surface area (Å²) in [4.78, 5) is 33.3. The minimum absolute atomic E-state index is 0.0197. The van der Waals surface area contributed by atoms with E-state index in [1.807, 2.05) is 0 Å². The predicted octanol–water partition coefficient (Wildman–Crippen LogP) is 3.51. The Balaban J connectivity index is 1.45.